The molecule has 0 saturated carbocycles. The van der Waals surface area contributed by atoms with Gasteiger partial charge in [0.15, 0.2) is 0 Å². The van der Waals surface area contributed by atoms with Crippen LogP contribution in [0.25, 0.3) is 0 Å². The van der Waals surface area contributed by atoms with Gasteiger partial charge in [-0.05, 0) is 67.6 Å². The van der Waals surface area contributed by atoms with Crippen molar-refractivity contribution in [1.82, 2.24) is 9.62 Å². The van der Waals surface area contributed by atoms with Gasteiger partial charge in [-0.15, -0.1) is 0 Å². The lowest BCUT2D eigenvalue weighted by molar-refractivity contribution is 0.0730. The number of amides is 1. The highest BCUT2D eigenvalue weighted by atomic mass is 32.2. The average molecular weight is 472 g/mol. The zero-order valence-corrected chi connectivity index (χ0v) is 20.2. The monoisotopic (exact) mass is 471 g/mol. The number of anilines is 1. The lowest BCUT2D eigenvalue weighted by Crippen LogP contribution is -2.40. The third-order valence-corrected chi connectivity index (χ3v) is 8.53. The predicted octanol–water partition coefficient (Wildman–Crippen LogP) is 3.43. The molecule has 2 saturated heterocycles. The second-order valence-electron chi connectivity index (χ2n) is 9.00. The lowest BCUT2D eigenvalue weighted by atomic mass is 9.98. The summed E-state index contributed by atoms with van der Waals surface area (Å²) in [5.41, 5.74) is 2.69. The van der Waals surface area contributed by atoms with Gasteiger partial charge < -0.3 is 15.0 Å². The van der Waals surface area contributed by atoms with Crippen LogP contribution in [0.2, 0.25) is 0 Å². The van der Waals surface area contributed by atoms with E-state index in [-0.39, 0.29) is 16.8 Å². The van der Waals surface area contributed by atoms with Crippen molar-refractivity contribution in [2.45, 2.75) is 37.6 Å². The number of carbonyl (C=O) groups excluding carboxylic acids is 1. The van der Waals surface area contributed by atoms with Crippen molar-refractivity contribution < 1.29 is 17.9 Å². The van der Waals surface area contributed by atoms with Gasteiger partial charge in [-0.1, -0.05) is 19.1 Å². The zero-order chi connectivity index (χ0) is 23.4. The first-order valence-electron chi connectivity index (χ1n) is 11.7. The fourth-order valence-corrected chi connectivity index (χ4v) is 5.73. The van der Waals surface area contributed by atoms with Crippen LogP contribution in [-0.2, 0) is 14.8 Å². The fourth-order valence-electron chi connectivity index (χ4n) is 4.32. The summed E-state index contributed by atoms with van der Waals surface area (Å²) >= 11 is 0. The maximum absolute atomic E-state index is 12.8. The first kappa shape index (κ1) is 23.7. The fraction of sp³-hybridized carbons (Fsp3) is 0.480. The first-order valence-corrected chi connectivity index (χ1v) is 13.1. The molecular weight excluding hydrogens is 438 g/mol. The molecule has 0 aromatic heterocycles. The van der Waals surface area contributed by atoms with Gasteiger partial charge in [-0.25, -0.2) is 8.42 Å². The molecule has 0 aliphatic carbocycles. The van der Waals surface area contributed by atoms with Crippen molar-refractivity contribution in [2.24, 2.45) is 5.92 Å². The molecule has 8 heteroatoms. The van der Waals surface area contributed by atoms with Gasteiger partial charge in [0, 0.05) is 37.4 Å². The number of hydrogen-bond donors (Lipinski definition) is 1. The molecule has 1 amide bonds. The van der Waals surface area contributed by atoms with Crippen molar-refractivity contribution in [3.63, 3.8) is 0 Å². The second-order valence-corrected chi connectivity index (χ2v) is 10.9. The Bertz CT molecular complexity index is 1040. The Morgan fingerprint density at radius 1 is 0.970 bits per heavy atom. The van der Waals surface area contributed by atoms with Gasteiger partial charge in [0.25, 0.3) is 5.91 Å². The Labute approximate surface area is 196 Å². The third-order valence-electron chi connectivity index (χ3n) is 6.61. The normalized spacial score (nSPS) is 19.3. The first-order chi connectivity index (χ1) is 15.8. The average Bonchev–Trinajstić information content (AvgIpc) is 2.85. The molecule has 2 aliphatic rings. The number of morpholine rings is 1. The summed E-state index contributed by atoms with van der Waals surface area (Å²) in [6, 6.07) is 14.3. The molecule has 0 bridgehead atoms. The summed E-state index contributed by atoms with van der Waals surface area (Å²) in [7, 11) is -3.57. The van der Waals surface area contributed by atoms with Crippen molar-refractivity contribution in [3.05, 3.63) is 59.7 Å². The summed E-state index contributed by atoms with van der Waals surface area (Å²) in [5, 5.41) is 3.01. The predicted molar refractivity (Wildman–Crippen MR) is 129 cm³/mol. The summed E-state index contributed by atoms with van der Waals surface area (Å²) in [6.07, 6.45) is 2.45. The van der Waals surface area contributed by atoms with Gasteiger partial charge in [0.1, 0.15) is 0 Å². The number of rotatable bonds is 6. The molecule has 178 valence electrons. The van der Waals surface area contributed by atoms with Gasteiger partial charge in [0.2, 0.25) is 10.0 Å². The van der Waals surface area contributed by atoms with Crippen LogP contribution in [0.5, 0.6) is 0 Å². The van der Waals surface area contributed by atoms with Crippen LogP contribution in [0.1, 0.15) is 48.7 Å². The Balaban J connectivity index is 1.36. The number of sulfonamides is 1. The van der Waals surface area contributed by atoms with Crippen LogP contribution in [0, 0.1) is 5.92 Å². The van der Waals surface area contributed by atoms with E-state index >= 15 is 0 Å². The van der Waals surface area contributed by atoms with E-state index in [2.05, 4.69) is 41.4 Å². The zero-order valence-electron chi connectivity index (χ0n) is 19.4. The van der Waals surface area contributed by atoms with E-state index in [0.29, 0.717) is 31.9 Å². The maximum Gasteiger partial charge on any atom is 0.251 e. The van der Waals surface area contributed by atoms with Crippen LogP contribution in [-0.4, -0.2) is 58.0 Å². The maximum atomic E-state index is 12.8. The van der Waals surface area contributed by atoms with Gasteiger partial charge >= 0.3 is 0 Å². The third kappa shape index (κ3) is 5.57. The van der Waals surface area contributed by atoms with Crippen molar-refractivity contribution >= 4 is 21.6 Å². The molecule has 33 heavy (non-hydrogen) atoms. The highest BCUT2D eigenvalue weighted by Crippen LogP contribution is 2.25. The van der Waals surface area contributed by atoms with E-state index in [4.69, 9.17) is 4.74 Å². The van der Waals surface area contributed by atoms with E-state index < -0.39 is 10.0 Å². The molecule has 0 spiro atoms. The minimum atomic E-state index is -3.57. The van der Waals surface area contributed by atoms with Gasteiger partial charge in [-0.3, -0.25) is 4.79 Å². The number of ether oxygens (including phenoxy) is 1. The van der Waals surface area contributed by atoms with Crippen molar-refractivity contribution in [1.29, 1.82) is 0 Å². The van der Waals surface area contributed by atoms with Crippen LogP contribution in [0.4, 0.5) is 5.69 Å². The Morgan fingerprint density at radius 3 is 2.18 bits per heavy atom. The van der Waals surface area contributed by atoms with E-state index in [1.807, 2.05) is 6.92 Å². The molecular formula is C25H33N3O4S. The van der Waals surface area contributed by atoms with Gasteiger partial charge in [-0.2, -0.15) is 4.31 Å². The molecule has 4 rings (SSSR count). The summed E-state index contributed by atoms with van der Waals surface area (Å²) in [4.78, 5) is 15.3. The van der Waals surface area contributed by atoms with Crippen LogP contribution in [0.15, 0.2) is 53.4 Å². The minimum Gasteiger partial charge on any atom is -0.379 e. The Kier molecular flexibility index (Phi) is 7.36. The number of piperidine rings is 1. The molecule has 2 heterocycles. The highest BCUT2D eigenvalue weighted by molar-refractivity contribution is 7.89. The Morgan fingerprint density at radius 2 is 1.58 bits per heavy atom. The quantitative estimate of drug-likeness (QED) is 0.698. The molecule has 0 radical (unpaired) electrons. The summed E-state index contributed by atoms with van der Waals surface area (Å²) in [6.45, 7) is 7.92. The molecule has 0 unspecified atom stereocenters. The molecule has 1 N–H and O–H groups in total. The molecule has 7 nitrogen and oxygen atoms in total. The number of nitrogens with one attached hydrogen (secondary N) is 1. The molecule has 2 aromatic carbocycles. The lowest BCUT2D eigenvalue weighted by Gasteiger charge is -2.32. The largest absolute Gasteiger partial charge is 0.379 e. The smallest absolute Gasteiger partial charge is 0.251 e. The molecule has 2 aromatic rings. The second kappa shape index (κ2) is 10.2. The number of carbonyl (C=O) groups is 1. The molecule has 1 atom stereocenters. The van der Waals surface area contributed by atoms with Crippen LogP contribution in [0.3, 0.4) is 0 Å². The van der Waals surface area contributed by atoms with E-state index in [0.717, 1.165) is 24.6 Å². The molecule has 2 aliphatic heterocycles. The van der Waals surface area contributed by atoms with Crippen LogP contribution >= 0.6 is 0 Å². The molecule has 2 fully saturated rings. The van der Waals surface area contributed by atoms with E-state index in [1.165, 1.54) is 35.0 Å². The number of benzene rings is 2. The minimum absolute atomic E-state index is 0.162. The highest BCUT2D eigenvalue weighted by Gasteiger charge is 2.26. The summed E-state index contributed by atoms with van der Waals surface area (Å²) in [5.74, 6) is 0.566. The Hall–Kier alpha value is -2.42. The van der Waals surface area contributed by atoms with Gasteiger partial charge in [0.05, 0.1) is 24.2 Å². The van der Waals surface area contributed by atoms with Crippen molar-refractivity contribution in [3.8, 4) is 0 Å². The van der Waals surface area contributed by atoms with E-state index in [9.17, 15) is 13.2 Å². The topological polar surface area (TPSA) is 79.0 Å². The SMILES string of the molecule is CC1CCN(c2ccc([C@@H](C)NC(=O)c3ccc(S(=O)(=O)N4CCOCC4)cc3)cc2)CC1. The van der Waals surface area contributed by atoms with Crippen LogP contribution < -0.4 is 10.2 Å². The van der Waals surface area contributed by atoms with Crippen molar-refractivity contribution in [2.75, 3.05) is 44.3 Å². The summed E-state index contributed by atoms with van der Waals surface area (Å²) < 4.78 is 32.2. The standard InChI is InChI=1S/C25H33N3O4S/c1-19-11-13-27(14-12-19)23-7-3-21(4-8-23)20(2)26-25(29)22-5-9-24(10-6-22)33(30,31)28-15-17-32-18-16-28/h3-10,19-20H,11-18H2,1-2H3,(H,26,29)/t20-/m1/s1. The number of hydrogen-bond acceptors (Lipinski definition) is 5. The van der Waals surface area contributed by atoms with E-state index in [1.54, 1.807) is 12.1 Å². The number of nitrogens with zero attached hydrogens (tertiary/aromatic N) is 2.